The lowest BCUT2D eigenvalue weighted by atomic mass is 10.0. The highest BCUT2D eigenvalue weighted by molar-refractivity contribution is 7.47. The second kappa shape index (κ2) is 35.2. The van der Waals surface area contributed by atoms with Crippen molar-refractivity contribution in [1.29, 1.82) is 0 Å². The van der Waals surface area contributed by atoms with Crippen LogP contribution in [-0.2, 0) is 32.7 Å². The van der Waals surface area contributed by atoms with E-state index < -0.39 is 44.7 Å². The second-order valence-corrected chi connectivity index (χ2v) is 14.6. The van der Waals surface area contributed by atoms with Crippen molar-refractivity contribution in [2.75, 3.05) is 26.4 Å². The number of unbranched alkanes of at least 4 members (excludes halogenated alkanes) is 13. The van der Waals surface area contributed by atoms with E-state index in [1.54, 1.807) is 0 Å². The van der Waals surface area contributed by atoms with Crippen molar-refractivity contribution in [1.82, 2.24) is 0 Å². The summed E-state index contributed by atoms with van der Waals surface area (Å²) >= 11 is 0. The fraction of sp³-hybridized carbons (Fsp3) is 0.795. The monoisotopic (exact) mass is 745 g/mol. The third-order valence-electron chi connectivity index (χ3n) is 8.23. The van der Waals surface area contributed by atoms with Gasteiger partial charge in [-0.15, -0.1) is 0 Å². The van der Waals surface area contributed by atoms with Gasteiger partial charge in [-0.1, -0.05) is 127 Å². The van der Waals surface area contributed by atoms with E-state index in [0.29, 0.717) is 6.42 Å². The van der Waals surface area contributed by atoms with Gasteiger partial charge < -0.3 is 30.3 Å². The van der Waals surface area contributed by atoms with E-state index >= 15 is 0 Å². The first-order chi connectivity index (χ1) is 24.6. The van der Waals surface area contributed by atoms with Crippen molar-refractivity contribution in [3.8, 4) is 0 Å². The number of carbonyl (C=O) groups is 2. The Morgan fingerprint density at radius 3 is 1.84 bits per heavy atom. The van der Waals surface area contributed by atoms with Crippen molar-refractivity contribution >= 4 is 19.8 Å². The molecule has 0 aromatic heterocycles. The third kappa shape index (κ3) is 33.7. The van der Waals surface area contributed by atoms with Crippen LogP contribution in [0.3, 0.4) is 0 Å². The van der Waals surface area contributed by atoms with Crippen LogP contribution in [0.1, 0.15) is 155 Å². The maximum atomic E-state index is 12.6. The van der Waals surface area contributed by atoms with Crippen molar-refractivity contribution in [2.45, 2.75) is 173 Å². The van der Waals surface area contributed by atoms with Gasteiger partial charge in [0.25, 0.3) is 0 Å². The quantitative estimate of drug-likeness (QED) is 0.0209. The summed E-state index contributed by atoms with van der Waals surface area (Å²) in [5.41, 5.74) is 5.31. The molecule has 0 aromatic carbocycles. The van der Waals surface area contributed by atoms with Crippen LogP contribution in [0.2, 0.25) is 0 Å². The standard InChI is InChI=1S/C39H72NO10P/c1-3-5-7-9-11-13-15-17-18-20-22-24-27-36(41)37(42)28-26-30-39(44)50-35(34-49-51(45,46)48-32-31-40)33-47-38(43)29-25-23-21-19-16-14-12-10-8-6-4-2/h11,13,17-18,22,24,35-37,41-42H,3-10,12,14-16,19-21,23,25-34,40H2,1-2H3,(H,45,46)/b13-11-,18-17-,24-22-/t35-,36?,37?/m1/s1. The lowest BCUT2D eigenvalue weighted by Crippen LogP contribution is -2.30. The molecule has 0 radical (unpaired) electrons. The van der Waals surface area contributed by atoms with Gasteiger partial charge in [0.1, 0.15) is 6.61 Å². The number of nitrogens with two attached hydrogens (primary N) is 1. The summed E-state index contributed by atoms with van der Waals surface area (Å²) in [4.78, 5) is 34.7. The Kier molecular flexibility index (Phi) is 33.9. The molecular formula is C39H72NO10P. The van der Waals surface area contributed by atoms with Crippen LogP contribution < -0.4 is 5.73 Å². The maximum Gasteiger partial charge on any atom is 0.472 e. The summed E-state index contributed by atoms with van der Waals surface area (Å²) in [6.45, 7) is 3.34. The molecular weight excluding hydrogens is 673 g/mol. The van der Waals surface area contributed by atoms with Gasteiger partial charge in [0.05, 0.1) is 25.4 Å². The Bertz CT molecular complexity index is 974. The molecule has 0 rings (SSSR count). The van der Waals surface area contributed by atoms with Gasteiger partial charge in [-0.3, -0.25) is 18.6 Å². The number of hydrogen-bond donors (Lipinski definition) is 4. The molecule has 0 fully saturated rings. The van der Waals surface area contributed by atoms with Gasteiger partial charge >= 0.3 is 19.8 Å². The molecule has 0 saturated carbocycles. The van der Waals surface area contributed by atoms with Crippen LogP contribution in [0, 0.1) is 0 Å². The molecule has 0 aromatic rings. The van der Waals surface area contributed by atoms with Crippen molar-refractivity contribution in [3.63, 3.8) is 0 Å². The number of carbonyl (C=O) groups excluding carboxylic acids is 2. The average molecular weight is 746 g/mol. The molecule has 0 aliphatic carbocycles. The molecule has 298 valence electrons. The smallest absolute Gasteiger partial charge is 0.462 e. The Morgan fingerprint density at radius 1 is 0.667 bits per heavy atom. The zero-order chi connectivity index (χ0) is 37.8. The fourth-order valence-electron chi connectivity index (χ4n) is 5.15. The molecule has 0 saturated heterocycles. The summed E-state index contributed by atoms with van der Waals surface area (Å²) in [5, 5.41) is 20.6. The SMILES string of the molecule is CCCCC/C=C\C/C=C\C/C=C\CC(O)C(O)CCCC(=O)O[C@H](COC(=O)CCCCCCCCCCCCC)COP(=O)(O)OCCN. The number of phosphoric ester groups is 1. The first-order valence-electron chi connectivity index (χ1n) is 19.6. The predicted octanol–water partition coefficient (Wildman–Crippen LogP) is 8.55. The Hall–Kier alpha value is -1.85. The molecule has 11 nitrogen and oxygen atoms in total. The zero-order valence-corrected chi connectivity index (χ0v) is 32.7. The van der Waals surface area contributed by atoms with E-state index in [1.807, 2.05) is 12.2 Å². The number of ether oxygens (including phenoxy) is 2. The average Bonchev–Trinajstić information content (AvgIpc) is 3.11. The second-order valence-electron chi connectivity index (χ2n) is 13.1. The fourth-order valence-corrected chi connectivity index (χ4v) is 5.91. The van der Waals surface area contributed by atoms with E-state index in [2.05, 4.69) is 38.2 Å². The molecule has 4 atom stereocenters. The molecule has 3 unspecified atom stereocenters. The molecule has 0 bridgehead atoms. The first kappa shape index (κ1) is 49.1. The van der Waals surface area contributed by atoms with Crippen LogP contribution in [-0.4, -0.2) is 71.7 Å². The van der Waals surface area contributed by atoms with E-state index in [9.17, 15) is 29.3 Å². The number of allylic oxidation sites excluding steroid dienone is 5. The zero-order valence-electron chi connectivity index (χ0n) is 31.8. The molecule has 0 aliphatic rings. The minimum Gasteiger partial charge on any atom is -0.462 e. The Balaban J connectivity index is 4.49. The van der Waals surface area contributed by atoms with Crippen molar-refractivity contribution in [2.24, 2.45) is 5.73 Å². The minimum atomic E-state index is -4.45. The number of phosphoric acid groups is 1. The third-order valence-corrected chi connectivity index (χ3v) is 9.21. The van der Waals surface area contributed by atoms with Crippen LogP contribution in [0.5, 0.6) is 0 Å². The summed E-state index contributed by atoms with van der Waals surface area (Å²) in [6, 6.07) is 0. The van der Waals surface area contributed by atoms with E-state index in [4.69, 9.17) is 24.3 Å². The topological polar surface area (TPSA) is 175 Å². The predicted molar refractivity (Wildman–Crippen MR) is 204 cm³/mol. The van der Waals surface area contributed by atoms with Gasteiger partial charge in [0.15, 0.2) is 6.10 Å². The first-order valence-corrected chi connectivity index (χ1v) is 21.1. The number of aliphatic hydroxyl groups excluding tert-OH is 2. The largest absolute Gasteiger partial charge is 0.472 e. The summed E-state index contributed by atoms with van der Waals surface area (Å²) in [6.07, 6.45) is 29.2. The summed E-state index contributed by atoms with van der Waals surface area (Å²) in [7, 11) is -4.45. The highest BCUT2D eigenvalue weighted by atomic mass is 31.2. The van der Waals surface area contributed by atoms with E-state index in [1.165, 1.54) is 64.2 Å². The Labute approximate surface area is 309 Å². The van der Waals surface area contributed by atoms with E-state index in [-0.39, 0.29) is 51.9 Å². The molecule has 0 spiro atoms. The number of esters is 2. The minimum absolute atomic E-state index is 0.00846. The van der Waals surface area contributed by atoms with Crippen LogP contribution in [0.4, 0.5) is 0 Å². The maximum absolute atomic E-state index is 12.6. The molecule has 0 amide bonds. The number of aliphatic hydroxyl groups is 2. The molecule has 51 heavy (non-hydrogen) atoms. The molecule has 0 heterocycles. The highest BCUT2D eigenvalue weighted by Crippen LogP contribution is 2.43. The Morgan fingerprint density at radius 2 is 1.22 bits per heavy atom. The van der Waals surface area contributed by atoms with Gasteiger partial charge in [-0.25, -0.2) is 4.57 Å². The lowest BCUT2D eigenvalue weighted by molar-refractivity contribution is -0.161. The number of rotatable bonds is 36. The lowest BCUT2D eigenvalue weighted by Gasteiger charge is -2.20. The molecule has 12 heteroatoms. The molecule has 5 N–H and O–H groups in total. The van der Waals surface area contributed by atoms with Crippen molar-refractivity contribution < 1.29 is 47.8 Å². The summed E-state index contributed by atoms with van der Waals surface area (Å²) in [5.74, 6) is -1.11. The number of hydrogen-bond acceptors (Lipinski definition) is 10. The van der Waals surface area contributed by atoms with E-state index in [0.717, 1.165) is 38.5 Å². The van der Waals surface area contributed by atoms with Gasteiger partial charge in [-0.05, 0) is 51.4 Å². The van der Waals surface area contributed by atoms with Crippen LogP contribution in [0.15, 0.2) is 36.5 Å². The van der Waals surface area contributed by atoms with Crippen molar-refractivity contribution in [3.05, 3.63) is 36.5 Å². The van der Waals surface area contributed by atoms with Crippen LogP contribution >= 0.6 is 7.82 Å². The normalized spacial score (nSPS) is 15.0. The van der Waals surface area contributed by atoms with Gasteiger partial charge in [0, 0.05) is 19.4 Å². The molecule has 0 aliphatic heterocycles. The summed E-state index contributed by atoms with van der Waals surface area (Å²) < 4.78 is 32.4. The van der Waals surface area contributed by atoms with Gasteiger partial charge in [0.2, 0.25) is 0 Å². The highest BCUT2D eigenvalue weighted by Gasteiger charge is 2.26. The van der Waals surface area contributed by atoms with Crippen LogP contribution in [0.25, 0.3) is 0 Å². The van der Waals surface area contributed by atoms with Gasteiger partial charge in [-0.2, -0.15) is 0 Å².